The number of nitrogens with one attached hydrogen (secondary N) is 1. The highest BCUT2D eigenvalue weighted by Crippen LogP contribution is 2.29. The summed E-state index contributed by atoms with van der Waals surface area (Å²) in [5, 5.41) is 9.40. The van der Waals surface area contributed by atoms with Gasteiger partial charge in [0.1, 0.15) is 11.2 Å². The smallest absolute Gasteiger partial charge is 0.329 e. The first-order valence-electron chi connectivity index (χ1n) is 6.61. The van der Waals surface area contributed by atoms with E-state index in [0.717, 1.165) is 12.8 Å². The molecular formula is C14H18N2O4. The molecule has 1 fully saturated rings. The van der Waals surface area contributed by atoms with Gasteiger partial charge >= 0.3 is 5.97 Å². The molecule has 1 aliphatic rings. The fourth-order valence-electron chi connectivity index (χ4n) is 2.54. The molecule has 1 saturated heterocycles. The molecule has 108 valence electrons. The van der Waals surface area contributed by atoms with Crippen LogP contribution in [0.5, 0.6) is 0 Å². The molecule has 2 N–H and O–H groups in total. The third kappa shape index (κ3) is 2.33. The maximum absolute atomic E-state index is 12.5. The number of aromatic amines is 1. The second kappa shape index (κ2) is 5.11. The Kier molecular flexibility index (Phi) is 3.65. The molecule has 1 aromatic rings. The van der Waals surface area contributed by atoms with Crippen LogP contribution in [-0.2, 0) is 4.79 Å². The predicted octanol–water partition coefficient (Wildman–Crippen LogP) is 1.69. The van der Waals surface area contributed by atoms with Crippen molar-refractivity contribution in [3.05, 3.63) is 23.5 Å². The van der Waals surface area contributed by atoms with Gasteiger partial charge in [0.25, 0.3) is 5.91 Å². The van der Waals surface area contributed by atoms with Gasteiger partial charge in [-0.2, -0.15) is 0 Å². The van der Waals surface area contributed by atoms with Crippen LogP contribution >= 0.6 is 0 Å². The summed E-state index contributed by atoms with van der Waals surface area (Å²) in [6.45, 7) is 3.40. The molecule has 1 aromatic heterocycles. The Bertz CT molecular complexity index is 563. The Labute approximate surface area is 116 Å². The molecule has 0 aliphatic carbocycles. The van der Waals surface area contributed by atoms with E-state index < -0.39 is 11.5 Å². The van der Waals surface area contributed by atoms with Crippen molar-refractivity contribution < 1.29 is 19.5 Å². The number of aliphatic carboxylic acids is 1. The third-order valence-electron chi connectivity index (χ3n) is 3.92. The normalized spacial score (nSPS) is 22.6. The lowest BCUT2D eigenvalue weighted by Gasteiger charge is -2.41. The number of carbonyl (C=O) groups excluding carboxylic acids is 2. The lowest BCUT2D eigenvalue weighted by atomic mass is 9.88. The number of ketones is 1. The highest BCUT2D eigenvalue weighted by molar-refractivity contribution is 6.00. The number of rotatable bonds is 3. The van der Waals surface area contributed by atoms with Crippen LogP contribution in [0, 0.1) is 0 Å². The van der Waals surface area contributed by atoms with Crippen molar-refractivity contribution in [2.24, 2.45) is 0 Å². The molecule has 0 saturated carbocycles. The van der Waals surface area contributed by atoms with E-state index >= 15 is 0 Å². The van der Waals surface area contributed by atoms with Crippen molar-refractivity contribution >= 4 is 17.7 Å². The van der Waals surface area contributed by atoms with Gasteiger partial charge in [-0.05, 0) is 39.2 Å². The van der Waals surface area contributed by atoms with E-state index in [0.29, 0.717) is 18.5 Å². The molecule has 6 heteroatoms. The Morgan fingerprint density at radius 3 is 2.60 bits per heavy atom. The first kappa shape index (κ1) is 14.3. The standard InChI is InChI=1S/C14H18N2O4/c1-9(17)10-7-11(15-8-10)12(18)16-6-4-3-5-14(16,2)13(19)20/h7-8,15H,3-6H2,1-2H3,(H,19,20). The average Bonchev–Trinajstić information content (AvgIpc) is 2.88. The summed E-state index contributed by atoms with van der Waals surface area (Å²) in [5.74, 6) is -1.51. The van der Waals surface area contributed by atoms with Gasteiger partial charge in [0, 0.05) is 18.3 Å². The fraction of sp³-hybridized carbons (Fsp3) is 0.500. The zero-order chi connectivity index (χ0) is 14.9. The van der Waals surface area contributed by atoms with Gasteiger partial charge in [-0.3, -0.25) is 9.59 Å². The molecule has 1 atom stereocenters. The van der Waals surface area contributed by atoms with Crippen LogP contribution in [0.3, 0.4) is 0 Å². The van der Waals surface area contributed by atoms with Gasteiger partial charge in [-0.1, -0.05) is 0 Å². The number of piperidine rings is 1. The van der Waals surface area contributed by atoms with Crippen molar-refractivity contribution in [3.63, 3.8) is 0 Å². The van der Waals surface area contributed by atoms with Crippen molar-refractivity contribution in [1.29, 1.82) is 0 Å². The van der Waals surface area contributed by atoms with E-state index in [2.05, 4.69) is 4.98 Å². The van der Waals surface area contributed by atoms with Crippen molar-refractivity contribution in [1.82, 2.24) is 9.88 Å². The fourth-order valence-corrected chi connectivity index (χ4v) is 2.54. The highest BCUT2D eigenvalue weighted by atomic mass is 16.4. The van der Waals surface area contributed by atoms with Crippen LogP contribution in [-0.4, -0.2) is 44.7 Å². The lowest BCUT2D eigenvalue weighted by molar-refractivity contribution is -0.150. The van der Waals surface area contributed by atoms with E-state index in [1.807, 2.05) is 0 Å². The van der Waals surface area contributed by atoms with Crippen LogP contribution in [0.1, 0.15) is 54.0 Å². The second-order valence-corrected chi connectivity index (χ2v) is 5.35. The summed E-state index contributed by atoms with van der Waals surface area (Å²) in [7, 11) is 0. The summed E-state index contributed by atoms with van der Waals surface area (Å²) >= 11 is 0. The zero-order valence-electron chi connectivity index (χ0n) is 11.6. The zero-order valence-corrected chi connectivity index (χ0v) is 11.6. The number of nitrogens with zero attached hydrogens (tertiary/aromatic N) is 1. The van der Waals surface area contributed by atoms with Gasteiger partial charge in [0.05, 0.1) is 0 Å². The van der Waals surface area contributed by atoms with Crippen molar-refractivity contribution in [2.75, 3.05) is 6.54 Å². The Morgan fingerprint density at radius 2 is 2.05 bits per heavy atom. The lowest BCUT2D eigenvalue weighted by Crippen LogP contribution is -2.57. The van der Waals surface area contributed by atoms with Crippen LogP contribution in [0.25, 0.3) is 0 Å². The van der Waals surface area contributed by atoms with Crippen LogP contribution in [0.2, 0.25) is 0 Å². The van der Waals surface area contributed by atoms with E-state index in [9.17, 15) is 19.5 Å². The molecule has 0 bridgehead atoms. The molecular weight excluding hydrogens is 260 g/mol. The largest absolute Gasteiger partial charge is 0.480 e. The van der Waals surface area contributed by atoms with E-state index in [4.69, 9.17) is 0 Å². The molecule has 2 rings (SSSR count). The molecule has 20 heavy (non-hydrogen) atoms. The Hall–Kier alpha value is -2.11. The molecule has 1 amide bonds. The maximum Gasteiger partial charge on any atom is 0.329 e. The Balaban J connectivity index is 2.30. The van der Waals surface area contributed by atoms with Crippen LogP contribution < -0.4 is 0 Å². The van der Waals surface area contributed by atoms with Gasteiger partial charge < -0.3 is 15.0 Å². The van der Waals surface area contributed by atoms with Gasteiger partial charge in [-0.15, -0.1) is 0 Å². The minimum absolute atomic E-state index is 0.139. The minimum Gasteiger partial charge on any atom is -0.480 e. The maximum atomic E-state index is 12.5. The number of carbonyl (C=O) groups is 3. The SMILES string of the molecule is CC(=O)c1c[nH]c(C(=O)N2CCCCC2(C)C(=O)O)c1. The van der Waals surface area contributed by atoms with Gasteiger partial charge in [0.2, 0.25) is 0 Å². The third-order valence-corrected chi connectivity index (χ3v) is 3.92. The van der Waals surface area contributed by atoms with Gasteiger partial charge in [-0.25, -0.2) is 4.79 Å². The molecule has 0 aromatic carbocycles. The van der Waals surface area contributed by atoms with Gasteiger partial charge in [0.15, 0.2) is 5.78 Å². The monoisotopic (exact) mass is 278 g/mol. The van der Waals surface area contributed by atoms with E-state index in [-0.39, 0.29) is 17.4 Å². The number of likely N-dealkylation sites (tertiary alicyclic amines) is 1. The average molecular weight is 278 g/mol. The molecule has 1 aliphatic heterocycles. The van der Waals surface area contributed by atoms with Crippen molar-refractivity contribution in [3.8, 4) is 0 Å². The topological polar surface area (TPSA) is 90.5 Å². The minimum atomic E-state index is -1.18. The predicted molar refractivity (Wildman–Crippen MR) is 71.7 cm³/mol. The first-order valence-corrected chi connectivity index (χ1v) is 6.61. The summed E-state index contributed by atoms with van der Waals surface area (Å²) in [6.07, 6.45) is 3.48. The van der Waals surface area contributed by atoms with Crippen LogP contribution in [0.4, 0.5) is 0 Å². The summed E-state index contributed by atoms with van der Waals surface area (Å²) < 4.78 is 0. The number of hydrogen-bond acceptors (Lipinski definition) is 3. The number of hydrogen-bond donors (Lipinski definition) is 2. The highest BCUT2D eigenvalue weighted by Gasteiger charge is 2.44. The molecule has 1 unspecified atom stereocenters. The number of H-pyrrole nitrogens is 1. The molecule has 6 nitrogen and oxygen atoms in total. The number of aromatic nitrogens is 1. The van der Waals surface area contributed by atoms with E-state index in [1.54, 1.807) is 6.92 Å². The number of amides is 1. The quantitative estimate of drug-likeness (QED) is 0.823. The first-order chi connectivity index (χ1) is 9.36. The molecule has 0 spiro atoms. The number of carboxylic acid groups (broad SMARTS) is 1. The van der Waals surface area contributed by atoms with E-state index in [1.165, 1.54) is 24.1 Å². The molecule has 2 heterocycles. The number of carboxylic acids is 1. The summed E-state index contributed by atoms with van der Waals surface area (Å²) in [5.41, 5.74) is -0.511. The second-order valence-electron chi connectivity index (χ2n) is 5.35. The number of Topliss-reactive ketones (excluding diaryl/α,β-unsaturated/α-hetero) is 1. The van der Waals surface area contributed by atoms with Crippen molar-refractivity contribution in [2.45, 2.75) is 38.6 Å². The van der Waals surface area contributed by atoms with Crippen LogP contribution in [0.15, 0.2) is 12.3 Å². The summed E-state index contributed by atoms with van der Waals surface area (Å²) in [4.78, 5) is 39.3. The molecule has 0 radical (unpaired) electrons. The Morgan fingerprint density at radius 1 is 1.35 bits per heavy atom. The summed E-state index contributed by atoms with van der Waals surface area (Å²) in [6, 6.07) is 1.47.